The number of nitrogens with one attached hydrogen (secondary N) is 4. The van der Waals surface area contributed by atoms with E-state index in [1.54, 1.807) is 97.6 Å². The zero-order valence-corrected chi connectivity index (χ0v) is 51.8. The molecule has 0 unspecified atom stereocenters. The van der Waals surface area contributed by atoms with Crippen LogP contribution in [0, 0.1) is 0 Å². The lowest BCUT2D eigenvalue weighted by molar-refractivity contribution is 0.211. The highest BCUT2D eigenvalue weighted by Gasteiger charge is 2.33. The van der Waals surface area contributed by atoms with Gasteiger partial charge in [-0.2, -0.15) is 0 Å². The zero-order valence-electron chi connectivity index (χ0n) is 48.5. The van der Waals surface area contributed by atoms with Crippen molar-refractivity contribution in [3.63, 3.8) is 0 Å². The van der Waals surface area contributed by atoms with Gasteiger partial charge in [-0.05, 0) is 141 Å². The van der Waals surface area contributed by atoms with Crippen molar-refractivity contribution in [3.8, 4) is 23.0 Å². The monoisotopic (exact) mass is 1200 g/mol. The van der Waals surface area contributed by atoms with Crippen LogP contribution in [0.25, 0.3) is 0 Å². The molecule has 1 aliphatic heterocycles. The average Bonchev–Trinajstić information content (AvgIpc) is 1.77. The number of pyridine rings is 4. The third kappa shape index (κ3) is 15.4. The molecule has 0 saturated heterocycles. The first-order valence-corrected chi connectivity index (χ1v) is 30.0. The molecule has 0 atom stereocenters. The van der Waals surface area contributed by atoms with Gasteiger partial charge in [0.1, 0.15) is 23.3 Å². The van der Waals surface area contributed by atoms with Crippen LogP contribution in [0.5, 0.6) is 23.0 Å². The molecule has 4 aromatic carbocycles. The van der Waals surface area contributed by atoms with Crippen molar-refractivity contribution in [1.82, 2.24) is 19.9 Å². The van der Waals surface area contributed by atoms with Crippen molar-refractivity contribution in [1.29, 1.82) is 0 Å². The molecular weight excluding hydrogens is 1140 g/mol. The molecule has 4 N–H and O–H groups in total. The number of anilines is 4. The van der Waals surface area contributed by atoms with Crippen LogP contribution in [0.4, 0.5) is 42.4 Å². The summed E-state index contributed by atoms with van der Waals surface area (Å²) in [6.07, 6.45) is 2.90. The van der Waals surface area contributed by atoms with Gasteiger partial charge >= 0.3 is 24.4 Å². The summed E-state index contributed by atoms with van der Waals surface area (Å²) in [6.45, 7) is 25.0. The summed E-state index contributed by atoms with van der Waals surface area (Å²) in [4.78, 5) is 78.9. The molecular formula is C64H64N8O8S4. The summed E-state index contributed by atoms with van der Waals surface area (Å²) in [5, 5.41) is 11.2. The van der Waals surface area contributed by atoms with Crippen molar-refractivity contribution in [3.05, 3.63) is 168 Å². The normalized spacial score (nSPS) is 12.5. The highest BCUT2D eigenvalue weighted by molar-refractivity contribution is 8.01. The van der Waals surface area contributed by atoms with E-state index in [4.69, 9.17) is 18.9 Å². The van der Waals surface area contributed by atoms with E-state index < -0.39 is 46.0 Å². The number of carbonyl (C=O) groups excluding carboxylic acids is 4. The second kappa shape index (κ2) is 25.0. The van der Waals surface area contributed by atoms with Crippen LogP contribution in [0.1, 0.15) is 105 Å². The first-order valence-electron chi connectivity index (χ1n) is 26.8. The topological polar surface area (TPSA) is 205 Å². The predicted octanol–water partition coefficient (Wildman–Crippen LogP) is 17.8. The SMILES string of the molecule is CC(C)(C)c1cc2c(OC(=O)Nc3ccccn3)c(c1)Sc1cc(C(C)(C)C)cc(c1OC(=O)Nc1ccccn1)Sc1cc(C(C)(C)C)cc(c1OC(=O)Nc1ccccn1)Sc1cc(C(C)(C)C)cc(c1OC(=O)Nc1ccccn1)S2. The highest BCUT2D eigenvalue weighted by Crippen LogP contribution is 2.57. The van der Waals surface area contributed by atoms with Crippen LogP contribution in [-0.2, 0) is 21.7 Å². The molecule has 432 valence electrons. The van der Waals surface area contributed by atoms with E-state index in [1.807, 2.05) is 48.5 Å². The number of hydrogen-bond donors (Lipinski definition) is 4. The molecule has 0 spiro atoms. The second-order valence-corrected chi connectivity index (χ2v) is 27.9. The Hall–Kier alpha value is -8.04. The Kier molecular flexibility index (Phi) is 18.1. The summed E-state index contributed by atoms with van der Waals surface area (Å²) in [7, 11) is 0. The van der Waals surface area contributed by atoms with Gasteiger partial charge in [-0.1, -0.05) is 154 Å². The van der Waals surface area contributed by atoms with E-state index in [-0.39, 0.29) is 46.3 Å². The maximum absolute atomic E-state index is 14.5. The number of rotatable bonds is 8. The third-order valence-electron chi connectivity index (χ3n) is 12.8. The number of carbonyl (C=O) groups is 4. The lowest BCUT2D eigenvalue weighted by atomic mass is 9.87. The Labute approximate surface area is 506 Å². The van der Waals surface area contributed by atoms with Gasteiger partial charge in [-0.15, -0.1) is 0 Å². The minimum absolute atomic E-state index is 0.145. The molecule has 84 heavy (non-hydrogen) atoms. The third-order valence-corrected chi connectivity index (χ3v) is 17.0. The molecule has 9 rings (SSSR count). The summed E-state index contributed by atoms with van der Waals surface area (Å²) in [5.74, 6) is 1.60. The predicted molar refractivity (Wildman–Crippen MR) is 333 cm³/mol. The van der Waals surface area contributed by atoms with Crippen LogP contribution >= 0.6 is 47.0 Å². The van der Waals surface area contributed by atoms with Crippen LogP contribution in [0.2, 0.25) is 0 Å². The number of amides is 4. The number of ether oxygens (including phenoxy) is 4. The quantitative estimate of drug-likeness (QED) is 0.112. The number of hydrogen-bond acceptors (Lipinski definition) is 16. The van der Waals surface area contributed by atoms with Crippen molar-refractivity contribution in [2.75, 3.05) is 21.3 Å². The lowest BCUT2D eigenvalue weighted by Gasteiger charge is -2.28. The lowest BCUT2D eigenvalue weighted by Crippen LogP contribution is -2.20. The standard InChI is InChI=1S/C64H64N8O8S4/c1-61(2,3)37-29-41-53(77-57(73)69-49-21-13-17-25-65-49)42(30-37)82-44-32-39(63(7,8)9)34-46(55(44)79-59(75)71-51-23-15-19-27-67-51)84-48-36-40(64(10,11)12)35-47(56(48)80-60(76)72-52-24-16-20-28-68-52)83-45-33-38(62(4,5)6)31-43(81-41)54(45)78-58(74)70-50-22-14-18-26-66-50/h13-36H,1-12H3,(H,65,69,73)(H,66,70,74)(H,67,71,75)(H,68,72,76). The van der Waals surface area contributed by atoms with Gasteiger partial charge in [0.2, 0.25) is 0 Å². The van der Waals surface area contributed by atoms with Gasteiger partial charge in [-0.3, -0.25) is 21.3 Å². The van der Waals surface area contributed by atoms with Crippen LogP contribution < -0.4 is 40.2 Å². The van der Waals surface area contributed by atoms with Crippen molar-refractivity contribution in [2.24, 2.45) is 0 Å². The minimum atomic E-state index is -0.833. The maximum atomic E-state index is 14.5. The molecule has 16 nitrogen and oxygen atoms in total. The number of nitrogens with zero attached hydrogens (tertiary/aromatic N) is 4. The molecule has 4 aromatic heterocycles. The molecule has 8 bridgehead atoms. The molecule has 4 amide bonds. The fourth-order valence-corrected chi connectivity index (χ4v) is 12.8. The Morgan fingerprint density at radius 3 is 0.631 bits per heavy atom. The first kappa shape index (κ1) is 60.5. The molecule has 0 aliphatic carbocycles. The Bertz CT molecular complexity index is 3170. The average molecular weight is 1200 g/mol. The van der Waals surface area contributed by atoms with Gasteiger partial charge < -0.3 is 18.9 Å². The Balaban J connectivity index is 1.38. The van der Waals surface area contributed by atoms with Crippen LogP contribution in [-0.4, -0.2) is 44.3 Å². The number of benzene rings is 4. The fraction of sp³-hybridized carbons (Fsp3) is 0.250. The van der Waals surface area contributed by atoms with Crippen molar-refractivity contribution in [2.45, 2.75) is 144 Å². The van der Waals surface area contributed by atoms with E-state index in [0.717, 1.165) is 22.3 Å². The molecule has 8 aromatic rings. The summed E-state index contributed by atoms with van der Waals surface area (Å²) < 4.78 is 26.2. The van der Waals surface area contributed by atoms with E-state index in [2.05, 4.69) is 124 Å². The van der Waals surface area contributed by atoms with Crippen molar-refractivity contribution >= 4 is 94.7 Å². The largest absolute Gasteiger partial charge is 0.418 e. The van der Waals surface area contributed by atoms with E-state index in [9.17, 15) is 19.2 Å². The molecule has 0 radical (unpaired) electrons. The Morgan fingerprint density at radius 2 is 0.488 bits per heavy atom. The number of aromatic nitrogens is 4. The van der Waals surface area contributed by atoms with Gasteiger partial charge in [-0.25, -0.2) is 39.1 Å². The van der Waals surface area contributed by atoms with Crippen LogP contribution in [0.15, 0.2) is 185 Å². The van der Waals surface area contributed by atoms with Gasteiger partial charge in [0.05, 0.1) is 39.2 Å². The second-order valence-electron chi connectivity index (χ2n) is 23.5. The van der Waals surface area contributed by atoms with E-state index >= 15 is 0 Å². The molecule has 1 aliphatic rings. The van der Waals surface area contributed by atoms with Gasteiger partial charge in [0, 0.05) is 24.8 Å². The molecule has 0 saturated carbocycles. The van der Waals surface area contributed by atoms with Crippen LogP contribution in [0.3, 0.4) is 0 Å². The summed E-state index contributed by atoms with van der Waals surface area (Å²) in [5.41, 5.74) is 1.42. The van der Waals surface area contributed by atoms with Gasteiger partial charge in [0.25, 0.3) is 0 Å². The molecule has 0 fully saturated rings. The Morgan fingerprint density at radius 1 is 0.310 bits per heavy atom. The van der Waals surface area contributed by atoms with E-state index in [1.165, 1.54) is 47.0 Å². The van der Waals surface area contributed by atoms with E-state index in [0.29, 0.717) is 39.2 Å². The fourth-order valence-electron chi connectivity index (χ4n) is 8.16. The summed E-state index contributed by atoms with van der Waals surface area (Å²) in [6, 6.07) is 36.2. The smallest absolute Gasteiger partial charge is 0.408 e. The minimum Gasteiger partial charge on any atom is -0.408 e. The van der Waals surface area contributed by atoms with Crippen molar-refractivity contribution < 1.29 is 38.1 Å². The maximum Gasteiger partial charge on any atom is 0.418 e. The zero-order chi connectivity index (χ0) is 60.1. The highest BCUT2D eigenvalue weighted by atomic mass is 32.2. The molecule has 5 heterocycles. The first-order chi connectivity index (χ1) is 39.7. The van der Waals surface area contributed by atoms with Gasteiger partial charge in [0.15, 0.2) is 23.0 Å². The summed E-state index contributed by atoms with van der Waals surface area (Å²) >= 11 is 4.93. The number of fused-ring (bicyclic) bond motifs is 8. The molecule has 20 heteroatoms.